The van der Waals surface area contributed by atoms with Crippen molar-refractivity contribution in [3.63, 3.8) is 0 Å². The Morgan fingerprint density at radius 1 is 1.35 bits per heavy atom. The van der Waals surface area contributed by atoms with Gasteiger partial charge < -0.3 is 30.3 Å². The number of nitrogens with one attached hydrogen (secondary N) is 2. The highest BCUT2D eigenvalue weighted by Crippen LogP contribution is 2.37. The van der Waals surface area contributed by atoms with E-state index >= 15 is 0 Å². The average Bonchev–Trinajstić information content (AvgIpc) is 3.61. The third kappa shape index (κ3) is 5.14. The summed E-state index contributed by atoms with van der Waals surface area (Å²) in [5, 5.41) is 39.5. The molecule has 2 aliphatic rings. The molecule has 3 heterocycles. The Labute approximate surface area is 216 Å². The first-order chi connectivity index (χ1) is 17.9. The zero-order chi connectivity index (χ0) is 26.1. The summed E-state index contributed by atoms with van der Waals surface area (Å²) in [5.41, 5.74) is 2.08. The van der Waals surface area contributed by atoms with E-state index in [1.165, 1.54) is 22.7 Å². The number of imidazole rings is 1. The van der Waals surface area contributed by atoms with Crippen LogP contribution >= 0.6 is 11.6 Å². The summed E-state index contributed by atoms with van der Waals surface area (Å²) >= 11 is 6.81. The van der Waals surface area contributed by atoms with Crippen LogP contribution in [0.25, 0.3) is 5.65 Å². The van der Waals surface area contributed by atoms with Crippen LogP contribution in [-0.2, 0) is 4.74 Å². The Bertz CT molecular complexity index is 1440. The molecular formula is C23H23ClN10O3. The SMILES string of the molecule is CN(CC1CN(c2cc(C#N)cc(Nc3nc(NC4CC4)c4ncc(C#N)n4n3)c2Cl)CCO1)C(=O)O. The Morgan fingerprint density at radius 3 is 2.86 bits per heavy atom. The van der Waals surface area contributed by atoms with E-state index in [0.29, 0.717) is 59.2 Å². The minimum Gasteiger partial charge on any atom is -0.465 e. The molecule has 0 spiro atoms. The van der Waals surface area contributed by atoms with Gasteiger partial charge in [-0.2, -0.15) is 20.0 Å². The van der Waals surface area contributed by atoms with Crippen LogP contribution in [0.2, 0.25) is 5.02 Å². The third-order valence-corrected chi connectivity index (χ3v) is 6.50. The van der Waals surface area contributed by atoms with Gasteiger partial charge in [-0.15, -0.1) is 5.10 Å². The molecule has 1 saturated heterocycles. The summed E-state index contributed by atoms with van der Waals surface area (Å²) in [5.74, 6) is 0.670. The first-order valence-corrected chi connectivity index (χ1v) is 12.0. The predicted molar refractivity (Wildman–Crippen MR) is 134 cm³/mol. The Kier molecular flexibility index (Phi) is 6.56. The number of rotatable bonds is 7. The maximum Gasteiger partial charge on any atom is 0.407 e. The highest BCUT2D eigenvalue weighted by Gasteiger charge is 2.27. The molecule has 190 valence electrons. The molecule has 1 amide bonds. The Hall–Kier alpha value is -4.33. The molecule has 1 aliphatic carbocycles. The summed E-state index contributed by atoms with van der Waals surface area (Å²) in [6.07, 6.45) is 2.08. The van der Waals surface area contributed by atoms with Gasteiger partial charge in [0.25, 0.3) is 0 Å². The van der Waals surface area contributed by atoms with Gasteiger partial charge in [0.2, 0.25) is 5.95 Å². The van der Waals surface area contributed by atoms with E-state index in [4.69, 9.17) is 16.3 Å². The fraction of sp³-hybridized carbons (Fsp3) is 0.391. The normalized spacial score (nSPS) is 17.2. The Balaban J connectivity index is 1.47. The third-order valence-electron chi connectivity index (χ3n) is 6.11. The zero-order valence-corrected chi connectivity index (χ0v) is 20.6. The van der Waals surface area contributed by atoms with Crippen LogP contribution in [0.5, 0.6) is 0 Å². The number of ether oxygens (including phenoxy) is 1. The number of anilines is 4. The molecule has 14 heteroatoms. The van der Waals surface area contributed by atoms with Crippen molar-refractivity contribution < 1.29 is 14.6 Å². The van der Waals surface area contributed by atoms with Crippen LogP contribution in [-0.4, -0.2) is 81.1 Å². The van der Waals surface area contributed by atoms with Gasteiger partial charge in [-0.1, -0.05) is 11.6 Å². The minimum absolute atomic E-state index is 0.177. The lowest BCUT2D eigenvalue weighted by atomic mass is 10.1. The molecule has 13 nitrogen and oxygen atoms in total. The summed E-state index contributed by atoms with van der Waals surface area (Å²) in [7, 11) is 1.48. The number of nitriles is 2. The predicted octanol–water partition coefficient (Wildman–Crippen LogP) is 2.65. The van der Waals surface area contributed by atoms with Crippen molar-refractivity contribution in [1.82, 2.24) is 24.5 Å². The second-order valence-corrected chi connectivity index (χ2v) is 9.27. The van der Waals surface area contributed by atoms with Crippen LogP contribution in [0.4, 0.5) is 27.9 Å². The number of likely N-dealkylation sites (N-methyl/N-ethyl adjacent to an activating group) is 1. The highest BCUT2D eigenvalue weighted by atomic mass is 35.5. The van der Waals surface area contributed by atoms with Gasteiger partial charge in [0, 0.05) is 26.2 Å². The lowest BCUT2D eigenvalue weighted by molar-refractivity contribution is 0.0219. The van der Waals surface area contributed by atoms with Crippen molar-refractivity contribution in [2.45, 2.75) is 25.0 Å². The first kappa shape index (κ1) is 24.4. The molecule has 2 aromatic heterocycles. The van der Waals surface area contributed by atoms with Gasteiger partial charge in [0.15, 0.2) is 17.2 Å². The largest absolute Gasteiger partial charge is 0.465 e. The van der Waals surface area contributed by atoms with Gasteiger partial charge in [-0.25, -0.2) is 9.78 Å². The Morgan fingerprint density at radius 2 is 2.16 bits per heavy atom. The van der Waals surface area contributed by atoms with E-state index < -0.39 is 6.09 Å². The number of aromatic nitrogens is 4. The fourth-order valence-electron chi connectivity index (χ4n) is 4.08. The number of halogens is 1. The first-order valence-electron chi connectivity index (χ1n) is 11.6. The maximum absolute atomic E-state index is 11.2. The van der Waals surface area contributed by atoms with E-state index in [2.05, 4.69) is 37.8 Å². The van der Waals surface area contributed by atoms with Crippen LogP contribution in [0.3, 0.4) is 0 Å². The van der Waals surface area contributed by atoms with Gasteiger partial charge in [0.1, 0.15) is 6.07 Å². The molecule has 37 heavy (non-hydrogen) atoms. The molecule has 0 bridgehead atoms. The van der Waals surface area contributed by atoms with Crippen LogP contribution < -0.4 is 15.5 Å². The van der Waals surface area contributed by atoms with Crippen LogP contribution in [0.1, 0.15) is 24.1 Å². The highest BCUT2D eigenvalue weighted by molar-refractivity contribution is 6.36. The topological polar surface area (TPSA) is 168 Å². The number of nitrogens with zero attached hydrogens (tertiary/aromatic N) is 8. The number of carboxylic acid groups (broad SMARTS) is 1. The van der Waals surface area contributed by atoms with E-state index in [1.54, 1.807) is 12.1 Å². The van der Waals surface area contributed by atoms with Crippen LogP contribution in [0.15, 0.2) is 18.3 Å². The number of morpholine rings is 1. The lowest BCUT2D eigenvalue weighted by Gasteiger charge is -2.36. The molecule has 1 atom stereocenters. The molecule has 2 fully saturated rings. The van der Waals surface area contributed by atoms with Gasteiger partial charge in [0.05, 0.1) is 53.5 Å². The number of fused-ring (bicyclic) bond motifs is 1. The number of carbonyl (C=O) groups is 1. The molecule has 3 N–H and O–H groups in total. The van der Waals surface area contributed by atoms with E-state index in [9.17, 15) is 20.4 Å². The number of amides is 1. The van der Waals surface area contributed by atoms with Crippen molar-refractivity contribution in [2.24, 2.45) is 0 Å². The molecule has 3 aromatic rings. The van der Waals surface area contributed by atoms with E-state index in [1.807, 2.05) is 4.90 Å². The zero-order valence-electron chi connectivity index (χ0n) is 19.8. The quantitative estimate of drug-likeness (QED) is 0.417. The summed E-state index contributed by atoms with van der Waals surface area (Å²) in [6, 6.07) is 7.80. The standard InChI is InChI=1S/C23H23ClN10O3/c1-32(23(35)36)11-16-12-33(4-5-37-16)18-7-13(8-25)6-17(19(18)24)29-22-30-20(28-14-2-3-14)21-27-10-15(9-26)34(21)31-22/h6-7,10,14,16H,2-5,11-12H2,1H3,(H,35,36)(H2,28,29,30,31). The van der Waals surface area contributed by atoms with E-state index in [0.717, 1.165) is 12.8 Å². The van der Waals surface area contributed by atoms with Gasteiger partial charge in [-0.3, -0.25) is 0 Å². The summed E-state index contributed by atoms with van der Waals surface area (Å²) in [4.78, 5) is 23.2. The van der Waals surface area contributed by atoms with Crippen molar-refractivity contribution in [3.05, 3.63) is 34.6 Å². The molecule has 1 aromatic carbocycles. The van der Waals surface area contributed by atoms with E-state index in [-0.39, 0.29) is 24.3 Å². The molecular weight excluding hydrogens is 500 g/mol. The molecule has 0 radical (unpaired) electrons. The van der Waals surface area contributed by atoms with Crippen LogP contribution in [0, 0.1) is 22.7 Å². The maximum atomic E-state index is 11.2. The fourth-order valence-corrected chi connectivity index (χ4v) is 4.35. The summed E-state index contributed by atoms with van der Waals surface area (Å²) in [6.45, 7) is 1.48. The number of hydrogen-bond donors (Lipinski definition) is 3. The molecule has 1 aliphatic heterocycles. The number of benzene rings is 1. The molecule has 1 unspecified atom stereocenters. The van der Waals surface area contributed by atoms with Gasteiger partial charge in [-0.05, 0) is 25.0 Å². The number of hydrogen-bond acceptors (Lipinski definition) is 10. The second-order valence-electron chi connectivity index (χ2n) is 8.89. The minimum atomic E-state index is -1.04. The van der Waals surface area contributed by atoms with Crippen molar-refractivity contribution in [1.29, 1.82) is 10.5 Å². The van der Waals surface area contributed by atoms with Crippen molar-refractivity contribution in [2.75, 3.05) is 48.8 Å². The summed E-state index contributed by atoms with van der Waals surface area (Å²) < 4.78 is 7.16. The van der Waals surface area contributed by atoms with Crippen molar-refractivity contribution in [3.8, 4) is 12.1 Å². The molecule has 5 rings (SSSR count). The monoisotopic (exact) mass is 522 g/mol. The average molecular weight is 523 g/mol. The second kappa shape index (κ2) is 9.97. The smallest absolute Gasteiger partial charge is 0.407 e. The molecule has 1 saturated carbocycles. The van der Waals surface area contributed by atoms with Crippen molar-refractivity contribution >= 4 is 46.5 Å². The lowest BCUT2D eigenvalue weighted by Crippen LogP contribution is -2.48. The van der Waals surface area contributed by atoms with Gasteiger partial charge >= 0.3 is 6.09 Å².